The molecule has 2 amide bonds. The zero-order valence-corrected chi connectivity index (χ0v) is 18.2. The molecule has 0 aliphatic heterocycles. The number of allylic oxidation sites excluding steroid dienone is 1. The van der Waals surface area contributed by atoms with Gasteiger partial charge in [0.1, 0.15) is 5.75 Å². The van der Waals surface area contributed by atoms with Gasteiger partial charge in [0.2, 0.25) is 5.78 Å². The van der Waals surface area contributed by atoms with Crippen molar-refractivity contribution in [1.29, 1.82) is 0 Å². The average molecular weight is 407 g/mol. The molecule has 0 aliphatic rings. The van der Waals surface area contributed by atoms with Crippen LogP contribution in [0.25, 0.3) is 0 Å². The van der Waals surface area contributed by atoms with Crippen LogP contribution >= 0.6 is 11.8 Å². The predicted octanol–water partition coefficient (Wildman–Crippen LogP) is 2.99. The molecule has 0 saturated heterocycles. The zero-order valence-electron chi connectivity index (χ0n) is 17.4. The number of aryl methyl sites for hydroxylation is 1. The molecular formula is C21H30N2O4S. The van der Waals surface area contributed by atoms with E-state index in [4.69, 9.17) is 4.74 Å². The van der Waals surface area contributed by atoms with Gasteiger partial charge < -0.3 is 15.4 Å². The summed E-state index contributed by atoms with van der Waals surface area (Å²) in [6.07, 6.45) is 3.97. The van der Waals surface area contributed by atoms with Crippen molar-refractivity contribution in [3.05, 3.63) is 40.3 Å². The topological polar surface area (TPSA) is 84.5 Å². The lowest BCUT2D eigenvalue weighted by Crippen LogP contribution is -2.47. The third-order valence-corrected chi connectivity index (χ3v) is 4.74. The first kappa shape index (κ1) is 23.8. The van der Waals surface area contributed by atoms with E-state index < -0.39 is 17.7 Å². The molecule has 7 heteroatoms. The van der Waals surface area contributed by atoms with Crippen molar-refractivity contribution < 1.29 is 19.1 Å². The number of ether oxygens (including phenoxy) is 1. The van der Waals surface area contributed by atoms with Crippen LogP contribution in [0, 0.1) is 12.8 Å². The van der Waals surface area contributed by atoms with Crippen molar-refractivity contribution in [2.75, 3.05) is 13.4 Å². The minimum atomic E-state index is -0.859. The lowest BCUT2D eigenvalue weighted by Gasteiger charge is -2.17. The Morgan fingerprint density at radius 3 is 2.39 bits per heavy atom. The molecule has 1 rings (SSSR count). The number of thioether (sulfide) groups is 1. The van der Waals surface area contributed by atoms with Crippen molar-refractivity contribution in [3.63, 3.8) is 0 Å². The highest BCUT2D eigenvalue weighted by Crippen LogP contribution is 2.17. The number of amides is 2. The quantitative estimate of drug-likeness (QED) is 0.461. The smallest absolute Gasteiger partial charge is 0.289 e. The van der Waals surface area contributed by atoms with Gasteiger partial charge in [0.15, 0.2) is 0 Å². The van der Waals surface area contributed by atoms with Gasteiger partial charge in [0, 0.05) is 6.54 Å². The molecule has 154 valence electrons. The lowest BCUT2D eigenvalue weighted by atomic mass is 10.1. The van der Waals surface area contributed by atoms with Gasteiger partial charge in [-0.15, -0.1) is 11.8 Å². The monoisotopic (exact) mass is 406 g/mol. The van der Waals surface area contributed by atoms with Crippen LogP contribution in [-0.4, -0.2) is 37.0 Å². The summed E-state index contributed by atoms with van der Waals surface area (Å²) in [4.78, 5) is 37.7. The standard InChI is InChI=1S/C21H30N2O4S/c1-7-17(23-20(25)18(28-6)8-13(2)3)19(24)21(26)22-12-15-9-14(4)10-16(11-15)27-5/h8-11,13,17H,7,12H2,1-6H3,(H,22,26)(H,23,25)/b18-8-. The first-order chi connectivity index (χ1) is 13.2. The van der Waals surface area contributed by atoms with Gasteiger partial charge >= 0.3 is 0 Å². The van der Waals surface area contributed by atoms with Crippen LogP contribution in [0.4, 0.5) is 0 Å². The van der Waals surface area contributed by atoms with Crippen molar-refractivity contribution >= 4 is 29.4 Å². The summed E-state index contributed by atoms with van der Waals surface area (Å²) in [5.41, 5.74) is 1.83. The van der Waals surface area contributed by atoms with Crippen LogP contribution in [0.5, 0.6) is 5.75 Å². The lowest BCUT2D eigenvalue weighted by molar-refractivity contribution is -0.139. The summed E-state index contributed by atoms with van der Waals surface area (Å²) in [7, 11) is 1.58. The zero-order chi connectivity index (χ0) is 21.3. The third-order valence-electron chi connectivity index (χ3n) is 3.98. The molecule has 1 aromatic carbocycles. The van der Waals surface area contributed by atoms with E-state index in [0.29, 0.717) is 17.1 Å². The second-order valence-electron chi connectivity index (χ2n) is 6.82. The Balaban J connectivity index is 2.75. The van der Waals surface area contributed by atoms with Gasteiger partial charge in [0.05, 0.1) is 18.1 Å². The number of carbonyl (C=O) groups excluding carboxylic acids is 3. The van der Waals surface area contributed by atoms with E-state index in [1.807, 2.05) is 39.0 Å². The molecule has 0 aliphatic carbocycles. The normalized spacial score (nSPS) is 12.5. The molecule has 0 radical (unpaired) electrons. The number of hydrogen-bond donors (Lipinski definition) is 2. The van der Waals surface area contributed by atoms with Gasteiger partial charge in [0.25, 0.3) is 11.8 Å². The molecule has 6 nitrogen and oxygen atoms in total. The maximum atomic E-state index is 12.5. The van der Waals surface area contributed by atoms with Crippen molar-refractivity contribution in [1.82, 2.24) is 10.6 Å². The average Bonchev–Trinajstić information content (AvgIpc) is 2.66. The largest absolute Gasteiger partial charge is 0.497 e. The van der Waals surface area contributed by atoms with Gasteiger partial charge in [-0.05, 0) is 48.8 Å². The van der Waals surface area contributed by atoms with Crippen LogP contribution < -0.4 is 15.4 Å². The summed E-state index contributed by atoms with van der Waals surface area (Å²) < 4.78 is 5.22. The summed E-state index contributed by atoms with van der Waals surface area (Å²) >= 11 is 1.32. The highest BCUT2D eigenvalue weighted by Gasteiger charge is 2.26. The molecule has 0 fully saturated rings. The highest BCUT2D eigenvalue weighted by atomic mass is 32.2. The maximum Gasteiger partial charge on any atom is 0.289 e. The second kappa shape index (κ2) is 11.5. The Morgan fingerprint density at radius 2 is 1.86 bits per heavy atom. The van der Waals surface area contributed by atoms with Crippen LogP contribution in [0.3, 0.4) is 0 Å². The van der Waals surface area contributed by atoms with Crippen LogP contribution in [0.15, 0.2) is 29.2 Å². The van der Waals surface area contributed by atoms with E-state index in [-0.39, 0.29) is 18.4 Å². The van der Waals surface area contributed by atoms with Crippen LogP contribution in [0.2, 0.25) is 0 Å². The fourth-order valence-electron chi connectivity index (χ4n) is 2.59. The van der Waals surface area contributed by atoms with Crippen molar-refractivity contribution in [2.45, 2.75) is 46.7 Å². The number of nitrogens with one attached hydrogen (secondary N) is 2. The molecular weight excluding hydrogens is 376 g/mol. The molecule has 28 heavy (non-hydrogen) atoms. The van der Waals surface area contributed by atoms with E-state index >= 15 is 0 Å². The predicted molar refractivity (Wildman–Crippen MR) is 113 cm³/mol. The second-order valence-corrected chi connectivity index (χ2v) is 7.67. The van der Waals surface area contributed by atoms with Crippen molar-refractivity contribution in [2.24, 2.45) is 5.92 Å². The molecule has 2 N–H and O–H groups in total. The Labute approximate surface area is 171 Å². The Bertz CT molecular complexity index is 744. The Morgan fingerprint density at radius 1 is 1.18 bits per heavy atom. The fourth-order valence-corrected chi connectivity index (χ4v) is 3.25. The third kappa shape index (κ3) is 7.38. The first-order valence-electron chi connectivity index (χ1n) is 9.25. The van der Waals surface area contributed by atoms with E-state index in [1.54, 1.807) is 26.4 Å². The molecule has 0 bridgehead atoms. The summed E-state index contributed by atoms with van der Waals surface area (Å²) in [6, 6.07) is 4.74. The maximum absolute atomic E-state index is 12.5. The number of hydrogen-bond acceptors (Lipinski definition) is 5. The van der Waals surface area contributed by atoms with Gasteiger partial charge in [-0.3, -0.25) is 14.4 Å². The molecule has 0 spiro atoms. The highest BCUT2D eigenvalue weighted by molar-refractivity contribution is 8.03. The van der Waals surface area contributed by atoms with E-state index in [0.717, 1.165) is 11.1 Å². The van der Waals surface area contributed by atoms with Gasteiger partial charge in [-0.1, -0.05) is 32.9 Å². The fraction of sp³-hybridized carbons (Fsp3) is 0.476. The Kier molecular flexibility index (Phi) is 9.79. The summed E-state index contributed by atoms with van der Waals surface area (Å²) in [6.45, 7) is 7.83. The number of carbonyl (C=O) groups is 3. The SMILES string of the molecule is CCC(NC(=O)/C(=C/C(C)C)SC)C(=O)C(=O)NCc1cc(C)cc(OC)c1. The number of methoxy groups -OCH3 is 1. The molecule has 1 atom stereocenters. The molecule has 0 heterocycles. The number of benzene rings is 1. The Hall–Kier alpha value is -2.28. The molecule has 1 aromatic rings. The van der Waals surface area contributed by atoms with E-state index in [1.165, 1.54) is 11.8 Å². The number of Topliss-reactive ketones (excluding diaryl/α,β-unsaturated/α-hetero) is 1. The molecule has 1 unspecified atom stereocenters. The minimum Gasteiger partial charge on any atom is -0.497 e. The summed E-state index contributed by atoms with van der Waals surface area (Å²) in [5, 5.41) is 5.30. The van der Waals surface area contributed by atoms with E-state index in [2.05, 4.69) is 10.6 Å². The summed E-state index contributed by atoms with van der Waals surface area (Å²) in [5.74, 6) is -0.807. The van der Waals surface area contributed by atoms with E-state index in [9.17, 15) is 14.4 Å². The van der Waals surface area contributed by atoms with Crippen LogP contribution in [-0.2, 0) is 20.9 Å². The molecule has 0 saturated carbocycles. The first-order valence-corrected chi connectivity index (χ1v) is 10.5. The minimum absolute atomic E-state index is 0.205. The van der Waals surface area contributed by atoms with Crippen LogP contribution in [0.1, 0.15) is 38.3 Å². The van der Waals surface area contributed by atoms with Gasteiger partial charge in [-0.2, -0.15) is 0 Å². The van der Waals surface area contributed by atoms with Crippen molar-refractivity contribution in [3.8, 4) is 5.75 Å². The van der Waals surface area contributed by atoms with Gasteiger partial charge in [-0.25, -0.2) is 0 Å². The molecule has 0 aromatic heterocycles. The number of rotatable bonds is 10. The number of ketones is 1.